The van der Waals surface area contributed by atoms with Gasteiger partial charge < -0.3 is 0 Å². The SMILES string of the molecule is Cc1cccnc1C1=N[N]C=C1C(F)(F)F. The highest BCUT2D eigenvalue weighted by Gasteiger charge is 2.40. The lowest BCUT2D eigenvalue weighted by Crippen LogP contribution is -2.20. The highest BCUT2D eigenvalue weighted by molar-refractivity contribution is 6.13. The van der Waals surface area contributed by atoms with Crippen molar-refractivity contribution in [3.05, 3.63) is 41.4 Å². The van der Waals surface area contributed by atoms with Gasteiger partial charge in [0, 0.05) is 6.20 Å². The molecule has 1 aromatic heterocycles. The fourth-order valence-electron chi connectivity index (χ4n) is 1.38. The van der Waals surface area contributed by atoms with E-state index in [1.54, 1.807) is 19.1 Å². The van der Waals surface area contributed by atoms with Gasteiger partial charge in [0.25, 0.3) is 0 Å². The first kappa shape index (κ1) is 10.7. The number of hydrogen-bond donors (Lipinski definition) is 0. The predicted molar refractivity (Wildman–Crippen MR) is 51.8 cm³/mol. The zero-order valence-electron chi connectivity index (χ0n) is 8.28. The number of aryl methyl sites for hydroxylation is 1. The highest BCUT2D eigenvalue weighted by atomic mass is 19.4. The molecule has 83 valence electrons. The number of hydrogen-bond acceptors (Lipinski definition) is 2. The van der Waals surface area contributed by atoms with Crippen molar-refractivity contribution in [2.75, 3.05) is 0 Å². The molecule has 0 aromatic carbocycles. The Morgan fingerprint density at radius 3 is 2.62 bits per heavy atom. The van der Waals surface area contributed by atoms with Gasteiger partial charge in [-0.1, -0.05) is 6.07 Å². The first-order chi connectivity index (χ1) is 7.50. The molecule has 0 aliphatic carbocycles. The van der Waals surface area contributed by atoms with Crippen LogP contribution in [0.1, 0.15) is 11.3 Å². The van der Waals surface area contributed by atoms with Crippen molar-refractivity contribution in [1.82, 2.24) is 10.4 Å². The molecule has 2 rings (SSSR count). The molecule has 0 spiro atoms. The van der Waals surface area contributed by atoms with Crippen molar-refractivity contribution in [1.29, 1.82) is 0 Å². The van der Waals surface area contributed by atoms with Gasteiger partial charge in [-0.2, -0.15) is 18.6 Å². The van der Waals surface area contributed by atoms with E-state index in [4.69, 9.17) is 0 Å². The van der Waals surface area contributed by atoms with Gasteiger partial charge in [0.15, 0.2) is 0 Å². The summed E-state index contributed by atoms with van der Waals surface area (Å²) >= 11 is 0. The average Bonchev–Trinajstić information content (AvgIpc) is 2.66. The Morgan fingerprint density at radius 2 is 2.00 bits per heavy atom. The third-order valence-corrected chi connectivity index (χ3v) is 2.14. The van der Waals surface area contributed by atoms with Crippen LogP contribution < -0.4 is 5.43 Å². The molecule has 0 atom stereocenters. The summed E-state index contributed by atoms with van der Waals surface area (Å²) in [5.74, 6) is 0. The molecule has 6 heteroatoms. The summed E-state index contributed by atoms with van der Waals surface area (Å²) in [7, 11) is 0. The van der Waals surface area contributed by atoms with Gasteiger partial charge in [-0.3, -0.25) is 4.98 Å². The molecule has 3 nitrogen and oxygen atoms in total. The van der Waals surface area contributed by atoms with Crippen LogP contribution in [-0.2, 0) is 0 Å². The summed E-state index contributed by atoms with van der Waals surface area (Å²) < 4.78 is 37.8. The number of halogens is 3. The summed E-state index contributed by atoms with van der Waals surface area (Å²) in [6.45, 7) is 1.68. The van der Waals surface area contributed by atoms with Gasteiger partial charge in [-0.15, -0.1) is 5.10 Å². The molecule has 1 aromatic rings. The predicted octanol–water partition coefficient (Wildman–Crippen LogP) is 2.16. The Bertz CT molecular complexity index is 474. The van der Waals surface area contributed by atoms with Crippen molar-refractivity contribution in [2.45, 2.75) is 13.1 Å². The van der Waals surface area contributed by atoms with Crippen molar-refractivity contribution in [2.24, 2.45) is 5.10 Å². The molecule has 1 aliphatic heterocycles. The zero-order chi connectivity index (χ0) is 11.8. The molecule has 0 saturated heterocycles. The van der Waals surface area contributed by atoms with E-state index >= 15 is 0 Å². The standard InChI is InChI=1S/C10H7F3N3/c1-6-3-2-4-14-8(6)9-7(5-15-16-9)10(11,12)13/h2-5H,1H3. The van der Waals surface area contributed by atoms with Crippen molar-refractivity contribution in [3.63, 3.8) is 0 Å². The Hall–Kier alpha value is -1.85. The quantitative estimate of drug-likeness (QED) is 0.723. The molecule has 2 heterocycles. The summed E-state index contributed by atoms with van der Waals surface area (Å²) in [5, 5.41) is 3.48. The van der Waals surface area contributed by atoms with Crippen LogP contribution in [0, 0.1) is 6.92 Å². The summed E-state index contributed by atoms with van der Waals surface area (Å²) in [5.41, 5.74) is 3.07. The lowest BCUT2D eigenvalue weighted by atomic mass is 10.0. The van der Waals surface area contributed by atoms with Gasteiger partial charge in [0.2, 0.25) is 0 Å². The van der Waals surface area contributed by atoms with Crippen LogP contribution >= 0.6 is 0 Å². The van der Waals surface area contributed by atoms with Crippen LogP contribution in [0.15, 0.2) is 35.2 Å². The van der Waals surface area contributed by atoms with E-state index in [0.29, 0.717) is 11.8 Å². The van der Waals surface area contributed by atoms with Crippen LogP contribution in [0.5, 0.6) is 0 Å². The molecule has 0 saturated carbocycles. The van der Waals surface area contributed by atoms with E-state index in [1.165, 1.54) is 6.20 Å². The lowest BCUT2D eigenvalue weighted by molar-refractivity contribution is -0.0859. The van der Waals surface area contributed by atoms with E-state index in [1.807, 2.05) is 0 Å². The molecule has 0 N–H and O–H groups in total. The fraction of sp³-hybridized carbons (Fsp3) is 0.200. The number of pyridine rings is 1. The molecule has 1 aliphatic rings. The number of alkyl halides is 3. The van der Waals surface area contributed by atoms with Crippen LogP contribution in [0.2, 0.25) is 0 Å². The fourth-order valence-corrected chi connectivity index (χ4v) is 1.38. The zero-order valence-corrected chi connectivity index (χ0v) is 8.28. The highest BCUT2D eigenvalue weighted by Crippen LogP contribution is 2.30. The summed E-state index contributed by atoms with van der Waals surface area (Å²) in [4.78, 5) is 3.89. The molecule has 1 radical (unpaired) electrons. The Labute approximate surface area is 89.7 Å². The maximum absolute atomic E-state index is 12.6. The van der Waals surface area contributed by atoms with E-state index in [2.05, 4.69) is 15.5 Å². The van der Waals surface area contributed by atoms with E-state index < -0.39 is 11.7 Å². The Morgan fingerprint density at radius 1 is 1.25 bits per heavy atom. The normalized spacial score (nSPS) is 15.5. The van der Waals surface area contributed by atoms with E-state index in [-0.39, 0.29) is 11.4 Å². The maximum Gasteiger partial charge on any atom is 0.420 e. The van der Waals surface area contributed by atoms with Gasteiger partial charge >= 0.3 is 6.18 Å². The van der Waals surface area contributed by atoms with E-state index in [9.17, 15) is 13.2 Å². The van der Waals surface area contributed by atoms with Crippen molar-refractivity contribution < 1.29 is 13.2 Å². The molecule has 0 unspecified atom stereocenters. The van der Waals surface area contributed by atoms with Crippen LogP contribution in [-0.4, -0.2) is 16.9 Å². The molecular formula is C10H7F3N3. The van der Waals surface area contributed by atoms with Gasteiger partial charge in [0.05, 0.1) is 11.9 Å². The second-order valence-corrected chi connectivity index (χ2v) is 3.27. The summed E-state index contributed by atoms with van der Waals surface area (Å²) in [6.07, 6.45) is -2.32. The first-order valence-electron chi connectivity index (χ1n) is 4.47. The third kappa shape index (κ3) is 1.78. The second-order valence-electron chi connectivity index (χ2n) is 3.27. The molecule has 0 amide bonds. The average molecular weight is 226 g/mol. The van der Waals surface area contributed by atoms with E-state index in [0.717, 1.165) is 0 Å². The number of allylic oxidation sites excluding steroid dienone is 1. The first-order valence-corrected chi connectivity index (χ1v) is 4.47. The molecular weight excluding hydrogens is 219 g/mol. The molecule has 0 bridgehead atoms. The lowest BCUT2D eigenvalue weighted by Gasteiger charge is -2.10. The smallest absolute Gasteiger partial charge is 0.254 e. The van der Waals surface area contributed by atoms with Gasteiger partial charge in [-0.05, 0) is 18.6 Å². The van der Waals surface area contributed by atoms with Crippen molar-refractivity contribution in [3.8, 4) is 0 Å². The largest absolute Gasteiger partial charge is 0.420 e. The van der Waals surface area contributed by atoms with Gasteiger partial charge in [-0.25, -0.2) is 0 Å². The number of aromatic nitrogens is 1. The third-order valence-electron chi connectivity index (χ3n) is 2.14. The summed E-state index contributed by atoms with van der Waals surface area (Å²) in [6, 6.07) is 3.33. The van der Waals surface area contributed by atoms with Crippen LogP contribution in [0.4, 0.5) is 13.2 Å². The minimum absolute atomic E-state index is 0.215. The minimum atomic E-state index is -4.46. The van der Waals surface area contributed by atoms with Crippen LogP contribution in [0.25, 0.3) is 0 Å². The van der Waals surface area contributed by atoms with Gasteiger partial charge in [0.1, 0.15) is 11.3 Å². The maximum atomic E-state index is 12.6. The monoisotopic (exact) mass is 226 g/mol. The Balaban J connectivity index is 2.45. The topological polar surface area (TPSA) is 39.4 Å². The minimum Gasteiger partial charge on any atom is -0.254 e. The second kappa shape index (κ2) is 3.62. The molecule has 16 heavy (non-hydrogen) atoms. The molecule has 0 fully saturated rings. The Kier molecular flexibility index (Phi) is 2.41. The van der Waals surface area contributed by atoms with Crippen LogP contribution in [0.3, 0.4) is 0 Å². The number of rotatable bonds is 1. The number of nitrogens with zero attached hydrogens (tertiary/aromatic N) is 3. The van der Waals surface area contributed by atoms with Crippen molar-refractivity contribution >= 4 is 5.71 Å².